The van der Waals surface area contributed by atoms with E-state index < -0.39 is 10.2 Å². The van der Waals surface area contributed by atoms with Crippen LogP contribution in [0.15, 0.2) is 24.3 Å². The molecule has 0 spiro atoms. The molecule has 84 valence electrons. The molecular formula is C8H13N3O3S. The molecule has 0 aromatic heterocycles. The Morgan fingerprint density at radius 1 is 1.27 bits per heavy atom. The average Bonchev–Trinajstić information content (AvgIpc) is 2.18. The van der Waals surface area contributed by atoms with Gasteiger partial charge in [-0.1, -0.05) is 0 Å². The summed E-state index contributed by atoms with van der Waals surface area (Å²) in [4.78, 5) is 0. The molecule has 6 nitrogen and oxygen atoms in total. The zero-order valence-corrected chi connectivity index (χ0v) is 8.79. The van der Waals surface area contributed by atoms with Gasteiger partial charge < -0.3 is 10.8 Å². The van der Waals surface area contributed by atoms with Gasteiger partial charge in [0.25, 0.3) is 10.2 Å². The van der Waals surface area contributed by atoms with Crippen LogP contribution >= 0.6 is 0 Å². The molecule has 0 atom stereocenters. The summed E-state index contributed by atoms with van der Waals surface area (Å²) in [7, 11) is -3.57. The van der Waals surface area contributed by atoms with Crippen molar-refractivity contribution < 1.29 is 13.5 Å². The van der Waals surface area contributed by atoms with Gasteiger partial charge in [0.15, 0.2) is 0 Å². The number of phenols is 1. The minimum atomic E-state index is -3.57. The lowest BCUT2D eigenvalue weighted by Gasteiger charge is -2.08. The molecule has 0 heterocycles. The Kier molecular flexibility index (Phi) is 3.89. The zero-order chi connectivity index (χ0) is 11.3. The van der Waals surface area contributed by atoms with E-state index in [-0.39, 0.29) is 18.8 Å². The second-order valence-corrected chi connectivity index (χ2v) is 4.34. The summed E-state index contributed by atoms with van der Waals surface area (Å²) in [6.07, 6.45) is 0. The lowest BCUT2D eigenvalue weighted by atomic mass is 10.3. The van der Waals surface area contributed by atoms with Crippen LogP contribution in [0.25, 0.3) is 0 Å². The number of phenolic OH excluding ortho intramolecular Hbond substituents is 1. The predicted molar refractivity (Wildman–Crippen MR) is 57.7 cm³/mol. The second-order valence-electron chi connectivity index (χ2n) is 2.84. The first-order valence-electron chi connectivity index (χ1n) is 4.30. The van der Waals surface area contributed by atoms with Crippen molar-refractivity contribution in [2.45, 2.75) is 0 Å². The Balaban J connectivity index is 2.65. The summed E-state index contributed by atoms with van der Waals surface area (Å²) < 4.78 is 27.1. The zero-order valence-electron chi connectivity index (χ0n) is 7.97. The third kappa shape index (κ3) is 4.15. The number of nitrogens with two attached hydrogens (primary N) is 1. The summed E-state index contributed by atoms with van der Waals surface area (Å²) in [5, 5.41) is 8.99. The van der Waals surface area contributed by atoms with Crippen LogP contribution in [0.4, 0.5) is 5.69 Å². The molecule has 5 N–H and O–H groups in total. The van der Waals surface area contributed by atoms with Gasteiger partial charge in [-0.25, -0.2) is 0 Å². The van der Waals surface area contributed by atoms with Gasteiger partial charge >= 0.3 is 0 Å². The lowest BCUT2D eigenvalue weighted by molar-refractivity contribution is 0.475. The third-order valence-corrected chi connectivity index (χ3v) is 2.64. The molecular weight excluding hydrogens is 218 g/mol. The van der Waals surface area contributed by atoms with Crippen LogP contribution in [0.2, 0.25) is 0 Å². The van der Waals surface area contributed by atoms with Gasteiger partial charge in [0.2, 0.25) is 0 Å². The van der Waals surface area contributed by atoms with Crippen molar-refractivity contribution in [3.63, 3.8) is 0 Å². The molecule has 7 heteroatoms. The fourth-order valence-electron chi connectivity index (χ4n) is 0.914. The van der Waals surface area contributed by atoms with Crippen LogP contribution in [0.5, 0.6) is 5.75 Å². The third-order valence-electron chi connectivity index (χ3n) is 1.56. The Morgan fingerprint density at radius 3 is 2.40 bits per heavy atom. The largest absolute Gasteiger partial charge is 0.508 e. The highest BCUT2D eigenvalue weighted by Gasteiger charge is 2.07. The molecule has 1 aromatic carbocycles. The van der Waals surface area contributed by atoms with Crippen molar-refractivity contribution in [1.29, 1.82) is 0 Å². The molecule has 1 rings (SSSR count). The normalized spacial score (nSPS) is 11.3. The maximum atomic E-state index is 11.3. The topological polar surface area (TPSA) is 104 Å². The van der Waals surface area contributed by atoms with Gasteiger partial charge in [0, 0.05) is 18.8 Å². The van der Waals surface area contributed by atoms with E-state index in [2.05, 4.69) is 9.44 Å². The fourth-order valence-corrected chi connectivity index (χ4v) is 1.82. The van der Waals surface area contributed by atoms with Crippen molar-refractivity contribution in [1.82, 2.24) is 4.72 Å². The van der Waals surface area contributed by atoms with Gasteiger partial charge in [-0.15, -0.1) is 0 Å². The Morgan fingerprint density at radius 2 is 1.87 bits per heavy atom. The Bertz CT molecular complexity index is 402. The first-order chi connectivity index (χ1) is 7.03. The first-order valence-corrected chi connectivity index (χ1v) is 5.78. The summed E-state index contributed by atoms with van der Waals surface area (Å²) in [6, 6.07) is 5.69. The van der Waals surface area contributed by atoms with Gasteiger partial charge in [-0.05, 0) is 24.3 Å². The maximum absolute atomic E-state index is 11.3. The van der Waals surface area contributed by atoms with E-state index in [0.717, 1.165) is 0 Å². The molecule has 0 saturated carbocycles. The summed E-state index contributed by atoms with van der Waals surface area (Å²) in [5.41, 5.74) is 5.53. The molecule has 0 fully saturated rings. The molecule has 0 saturated heterocycles. The van der Waals surface area contributed by atoms with Crippen molar-refractivity contribution in [3.05, 3.63) is 24.3 Å². The van der Waals surface area contributed by atoms with E-state index in [1.807, 2.05) is 0 Å². The van der Waals surface area contributed by atoms with Crippen LogP contribution in [0, 0.1) is 0 Å². The van der Waals surface area contributed by atoms with E-state index in [1.165, 1.54) is 24.3 Å². The minimum Gasteiger partial charge on any atom is -0.508 e. The number of hydrogen-bond donors (Lipinski definition) is 4. The Labute approximate surface area is 88.3 Å². The van der Waals surface area contributed by atoms with Crippen LogP contribution in [0.1, 0.15) is 0 Å². The molecule has 0 aliphatic carbocycles. The van der Waals surface area contributed by atoms with Crippen molar-refractivity contribution in [3.8, 4) is 5.75 Å². The molecule has 0 bridgehead atoms. The molecule has 0 amide bonds. The molecule has 0 aliphatic heterocycles. The molecule has 0 aliphatic rings. The van der Waals surface area contributed by atoms with Gasteiger partial charge in [0.1, 0.15) is 5.75 Å². The maximum Gasteiger partial charge on any atom is 0.299 e. The van der Waals surface area contributed by atoms with Crippen molar-refractivity contribution >= 4 is 15.9 Å². The quantitative estimate of drug-likeness (QED) is 0.517. The van der Waals surface area contributed by atoms with E-state index in [0.29, 0.717) is 5.69 Å². The lowest BCUT2D eigenvalue weighted by Crippen LogP contribution is -2.33. The van der Waals surface area contributed by atoms with E-state index in [4.69, 9.17) is 10.8 Å². The number of nitrogens with one attached hydrogen (secondary N) is 2. The average molecular weight is 231 g/mol. The number of benzene rings is 1. The standard InChI is InChI=1S/C8H13N3O3S/c9-5-6-10-15(13,14)11-7-1-3-8(12)4-2-7/h1-4,10-12H,5-6,9H2. The number of anilines is 1. The van der Waals surface area contributed by atoms with E-state index >= 15 is 0 Å². The Hall–Kier alpha value is -1.31. The molecule has 0 unspecified atom stereocenters. The SMILES string of the molecule is NCCNS(=O)(=O)Nc1ccc(O)cc1. The summed E-state index contributed by atoms with van der Waals surface area (Å²) in [6.45, 7) is 0.407. The summed E-state index contributed by atoms with van der Waals surface area (Å²) in [5.74, 6) is 0.0767. The van der Waals surface area contributed by atoms with Crippen LogP contribution in [0.3, 0.4) is 0 Å². The van der Waals surface area contributed by atoms with E-state index in [9.17, 15) is 8.42 Å². The highest BCUT2D eigenvalue weighted by molar-refractivity contribution is 7.90. The predicted octanol–water partition coefficient (Wildman–Crippen LogP) is -0.403. The van der Waals surface area contributed by atoms with Crippen molar-refractivity contribution in [2.75, 3.05) is 17.8 Å². The van der Waals surface area contributed by atoms with Gasteiger partial charge in [0.05, 0.1) is 0 Å². The highest BCUT2D eigenvalue weighted by Crippen LogP contribution is 2.14. The summed E-state index contributed by atoms with van der Waals surface area (Å²) >= 11 is 0. The van der Waals surface area contributed by atoms with Crippen LogP contribution in [-0.2, 0) is 10.2 Å². The van der Waals surface area contributed by atoms with Crippen molar-refractivity contribution in [2.24, 2.45) is 5.73 Å². The number of aromatic hydroxyl groups is 1. The molecule has 0 radical (unpaired) electrons. The van der Waals surface area contributed by atoms with Crippen LogP contribution in [-0.4, -0.2) is 26.6 Å². The number of hydrogen-bond acceptors (Lipinski definition) is 4. The molecule has 1 aromatic rings. The van der Waals surface area contributed by atoms with Gasteiger partial charge in [-0.3, -0.25) is 4.72 Å². The van der Waals surface area contributed by atoms with Gasteiger partial charge in [-0.2, -0.15) is 13.1 Å². The van der Waals surface area contributed by atoms with E-state index in [1.54, 1.807) is 0 Å². The second kappa shape index (κ2) is 4.96. The first kappa shape index (κ1) is 11.8. The molecule has 15 heavy (non-hydrogen) atoms. The minimum absolute atomic E-state index is 0.0767. The van der Waals surface area contributed by atoms with Crippen LogP contribution < -0.4 is 15.2 Å². The highest BCUT2D eigenvalue weighted by atomic mass is 32.2. The number of rotatable bonds is 5. The smallest absolute Gasteiger partial charge is 0.299 e. The monoisotopic (exact) mass is 231 g/mol. The fraction of sp³-hybridized carbons (Fsp3) is 0.250.